The SMILES string of the molecule is C=C1/C(=C\C=C2/CCC[C@@]3(C)C2CC[C@@H]3C(C)(CC#CC(O)(C(F)(F)F)C(F)(F)F)CCCC(C)(C)O)C[C@@H](O)C[C@@H]1O. The van der Waals surface area contributed by atoms with E-state index in [1.54, 1.807) is 13.8 Å². The molecule has 0 heterocycles. The first-order valence-corrected chi connectivity index (χ1v) is 15.1. The fourth-order valence-electron chi connectivity index (χ4n) is 7.84. The third kappa shape index (κ3) is 7.71. The number of hydrogen-bond donors (Lipinski definition) is 4. The molecule has 3 saturated carbocycles. The van der Waals surface area contributed by atoms with Gasteiger partial charge in [-0.05, 0) is 105 Å². The lowest BCUT2D eigenvalue weighted by Crippen LogP contribution is -2.55. The van der Waals surface area contributed by atoms with Crippen LogP contribution < -0.4 is 0 Å². The van der Waals surface area contributed by atoms with Crippen molar-refractivity contribution >= 4 is 0 Å². The van der Waals surface area contributed by atoms with Crippen molar-refractivity contribution in [2.75, 3.05) is 0 Å². The third-order valence-electron chi connectivity index (χ3n) is 10.2. The topological polar surface area (TPSA) is 80.9 Å². The lowest BCUT2D eigenvalue weighted by atomic mass is 9.55. The fraction of sp³-hybridized carbons (Fsp3) is 0.758. The first kappa shape index (κ1) is 35.7. The van der Waals surface area contributed by atoms with E-state index in [9.17, 15) is 46.8 Å². The molecule has 3 fully saturated rings. The Bertz CT molecular complexity index is 1140. The van der Waals surface area contributed by atoms with Crippen molar-refractivity contribution in [3.05, 3.63) is 35.5 Å². The summed E-state index contributed by atoms with van der Waals surface area (Å²) < 4.78 is 79.9. The van der Waals surface area contributed by atoms with Gasteiger partial charge in [0.05, 0.1) is 17.8 Å². The van der Waals surface area contributed by atoms with Crippen molar-refractivity contribution in [1.82, 2.24) is 0 Å². The number of allylic oxidation sites excluding steroid dienone is 3. The zero-order valence-corrected chi connectivity index (χ0v) is 25.5. The highest BCUT2D eigenvalue weighted by atomic mass is 19.4. The quantitative estimate of drug-likeness (QED) is 0.178. The Morgan fingerprint density at radius 1 is 0.977 bits per heavy atom. The number of fused-ring (bicyclic) bond motifs is 1. The van der Waals surface area contributed by atoms with Crippen LogP contribution >= 0.6 is 0 Å². The van der Waals surface area contributed by atoms with Crippen molar-refractivity contribution in [3.8, 4) is 11.8 Å². The summed E-state index contributed by atoms with van der Waals surface area (Å²) in [7, 11) is 0. The van der Waals surface area contributed by atoms with Crippen LogP contribution in [0.4, 0.5) is 26.3 Å². The van der Waals surface area contributed by atoms with Gasteiger partial charge in [0.25, 0.3) is 0 Å². The summed E-state index contributed by atoms with van der Waals surface area (Å²) in [6.07, 6.45) is -3.77. The second-order valence-corrected chi connectivity index (χ2v) is 14.1. The highest BCUT2D eigenvalue weighted by Crippen LogP contribution is 2.63. The first-order chi connectivity index (χ1) is 19.5. The number of alkyl halides is 6. The number of rotatable bonds is 7. The van der Waals surface area contributed by atoms with E-state index < -0.39 is 41.2 Å². The van der Waals surface area contributed by atoms with Crippen LogP contribution in [-0.4, -0.2) is 56.2 Å². The molecule has 43 heavy (non-hydrogen) atoms. The Morgan fingerprint density at radius 3 is 2.19 bits per heavy atom. The fourth-order valence-corrected chi connectivity index (χ4v) is 7.84. The van der Waals surface area contributed by atoms with Crippen LogP contribution in [0.15, 0.2) is 35.5 Å². The number of aliphatic hydroxyl groups excluding tert-OH is 2. The van der Waals surface area contributed by atoms with Crippen molar-refractivity contribution in [3.63, 3.8) is 0 Å². The standard InChI is InChI=1S/C33H46F6O4/c1-21-23(19-24(40)20-26(21)41)11-10-22-9-6-17-30(5)25(22)12-13-27(30)29(4,15-7-14-28(2,3)42)16-8-18-31(43,32(34,35)36)33(37,38)39/h10-11,24-27,40-43H,1,6-7,9,12-17,19-20H2,2-5H3/b22-10+,23-11-/t24-,25?,26+,27-,29?,30+/m1/s1. The van der Waals surface area contributed by atoms with Crippen LogP contribution in [0.2, 0.25) is 0 Å². The van der Waals surface area contributed by atoms with E-state index in [4.69, 9.17) is 0 Å². The van der Waals surface area contributed by atoms with Gasteiger partial charge in [-0.15, -0.1) is 0 Å². The van der Waals surface area contributed by atoms with Crippen molar-refractivity contribution < 1.29 is 46.8 Å². The predicted molar refractivity (Wildman–Crippen MR) is 152 cm³/mol. The molecule has 0 spiro atoms. The highest BCUT2D eigenvalue weighted by molar-refractivity contribution is 5.39. The smallest absolute Gasteiger partial charge is 0.393 e. The maximum Gasteiger partial charge on any atom is 0.438 e. The third-order valence-corrected chi connectivity index (χ3v) is 10.2. The molecule has 0 bridgehead atoms. The van der Waals surface area contributed by atoms with Crippen molar-refractivity contribution in [1.29, 1.82) is 0 Å². The average molecular weight is 621 g/mol. The van der Waals surface area contributed by atoms with Gasteiger partial charge in [-0.1, -0.05) is 50.5 Å². The van der Waals surface area contributed by atoms with E-state index >= 15 is 0 Å². The van der Waals surface area contributed by atoms with Crippen molar-refractivity contribution in [2.24, 2.45) is 22.7 Å². The number of aliphatic hydroxyl groups is 4. The molecule has 10 heteroatoms. The Hall–Kier alpha value is -1.80. The normalized spacial score (nSPS) is 32.4. The molecule has 0 saturated heterocycles. The molecule has 3 rings (SSSR count). The van der Waals surface area contributed by atoms with E-state index in [1.807, 2.05) is 19.1 Å². The Labute approximate surface area is 251 Å². The van der Waals surface area contributed by atoms with Gasteiger partial charge >= 0.3 is 18.0 Å². The summed E-state index contributed by atoms with van der Waals surface area (Å²) in [4.78, 5) is 0. The maximum atomic E-state index is 13.3. The van der Waals surface area contributed by atoms with E-state index in [2.05, 4.69) is 19.4 Å². The van der Waals surface area contributed by atoms with Gasteiger partial charge < -0.3 is 20.4 Å². The van der Waals surface area contributed by atoms with Crippen LogP contribution in [0, 0.1) is 34.5 Å². The molecule has 2 unspecified atom stereocenters. The summed E-state index contributed by atoms with van der Waals surface area (Å²) in [6.45, 7) is 11.3. The molecule has 4 N–H and O–H groups in total. The minimum atomic E-state index is -6.01. The van der Waals surface area contributed by atoms with Gasteiger partial charge in [0, 0.05) is 12.8 Å². The van der Waals surface area contributed by atoms with Crippen LogP contribution in [0.3, 0.4) is 0 Å². The summed E-state index contributed by atoms with van der Waals surface area (Å²) in [5, 5.41) is 40.2. The summed E-state index contributed by atoms with van der Waals surface area (Å²) in [5.74, 6) is 3.35. The van der Waals surface area contributed by atoms with Gasteiger partial charge in [-0.2, -0.15) is 26.3 Å². The molecule has 0 aromatic carbocycles. The molecule has 0 radical (unpaired) electrons. The molecule has 244 valence electrons. The predicted octanol–water partition coefficient (Wildman–Crippen LogP) is 7.32. The van der Waals surface area contributed by atoms with Crippen LogP contribution in [0.25, 0.3) is 0 Å². The average Bonchev–Trinajstić information content (AvgIpc) is 3.21. The van der Waals surface area contributed by atoms with Gasteiger partial charge in [-0.25, -0.2) is 0 Å². The molecule has 4 nitrogen and oxygen atoms in total. The molecule has 0 aromatic rings. The van der Waals surface area contributed by atoms with Gasteiger partial charge in [0.2, 0.25) is 0 Å². The first-order valence-electron chi connectivity index (χ1n) is 15.1. The molecular formula is C33H46F6O4. The zero-order valence-electron chi connectivity index (χ0n) is 25.5. The van der Waals surface area contributed by atoms with E-state index in [1.165, 1.54) is 5.57 Å². The van der Waals surface area contributed by atoms with E-state index in [0.29, 0.717) is 37.7 Å². The van der Waals surface area contributed by atoms with E-state index in [0.717, 1.165) is 37.2 Å². The number of hydrogen-bond acceptors (Lipinski definition) is 4. The number of halogens is 6. The minimum Gasteiger partial charge on any atom is -0.393 e. The lowest BCUT2D eigenvalue weighted by Gasteiger charge is -2.49. The van der Waals surface area contributed by atoms with Crippen LogP contribution in [0.5, 0.6) is 0 Å². The molecule has 0 amide bonds. The van der Waals surface area contributed by atoms with Crippen LogP contribution in [0.1, 0.15) is 98.3 Å². The second kappa shape index (κ2) is 12.5. The summed E-state index contributed by atoms with van der Waals surface area (Å²) >= 11 is 0. The largest absolute Gasteiger partial charge is 0.438 e. The minimum absolute atomic E-state index is 0.0735. The molecule has 3 aliphatic rings. The monoisotopic (exact) mass is 620 g/mol. The Balaban J connectivity index is 1.95. The molecule has 6 atom stereocenters. The van der Waals surface area contributed by atoms with Gasteiger partial charge in [-0.3, -0.25) is 0 Å². The molecule has 0 aliphatic heterocycles. The lowest BCUT2D eigenvalue weighted by molar-refractivity contribution is -0.343. The summed E-state index contributed by atoms with van der Waals surface area (Å²) in [6, 6.07) is 0. The summed E-state index contributed by atoms with van der Waals surface area (Å²) in [5.41, 5.74) is -4.60. The zero-order chi connectivity index (χ0) is 32.6. The molecular weight excluding hydrogens is 574 g/mol. The van der Waals surface area contributed by atoms with Crippen molar-refractivity contribution in [2.45, 2.75) is 134 Å². The van der Waals surface area contributed by atoms with Crippen LogP contribution in [-0.2, 0) is 0 Å². The Kier molecular flexibility index (Phi) is 10.4. The van der Waals surface area contributed by atoms with Gasteiger partial charge in [0.1, 0.15) is 0 Å². The Morgan fingerprint density at radius 2 is 1.60 bits per heavy atom. The van der Waals surface area contributed by atoms with E-state index in [-0.39, 0.29) is 30.1 Å². The maximum absolute atomic E-state index is 13.3. The molecule has 3 aliphatic carbocycles. The highest BCUT2D eigenvalue weighted by Gasteiger charge is 2.70. The van der Waals surface area contributed by atoms with Gasteiger partial charge in [0.15, 0.2) is 0 Å². The second-order valence-electron chi connectivity index (χ2n) is 14.1. The molecule has 0 aromatic heterocycles.